The molecular weight excluding hydrogens is 258 g/mol. The van der Waals surface area contributed by atoms with E-state index in [-0.39, 0.29) is 11.9 Å². The van der Waals surface area contributed by atoms with Crippen molar-refractivity contribution in [2.75, 3.05) is 11.9 Å². The minimum absolute atomic E-state index is 0.141. The molecule has 0 aliphatic rings. The Morgan fingerprint density at radius 1 is 1.35 bits per heavy atom. The third-order valence-corrected chi connectivity index (χ3v) is 2.63. The normalized spacial score (nSPS) is 10.2. The number of H-pyrrole nitrogens is 1. The number of aromatic amines is 1. The number of carbonyl (C=O) groups is 1. The molecule has 2 rings (SSSR count). The van der Waals surface area contributed by atoms with Gasteiger partial charge >= 0.3 is 0 Å². The number of nitrogens with one attached hydrogen (secondary N) is 2. The summed E-state index contributed by atoms with van der Waals surface area (Å²) in [6.07, 6.45) is 2.00. The van der Waals surface area contributed by atoms with Crippen molar-refractivity contribution in [3.8, 4) is 5.75 Å². The number of hydrogen-bond donors (Lipinski definition) is 2. The number of tetrazole rings is 1. The predicted molar refractivity (Wildman–Crippen MR) is 73.4 cm³/mol. The maximum Gasteiger partial charge on any atom is 0.269 e. The van der Waals surface area contributed by atoms with Gasteiger partial charge in [-0.05, 0) is 35.8 Å². The number of rotatable bonds is 7. The number of carbonyl (C=O) groups excluding carboxylic acids is 1. The van der Waals surface area contributed by atoms with Crippen LogP contribution in [0.3, 0.4) is 0 Å². The highest BCUT2D eigenvalue weighted by molar-refractivity contribution is 5.88. The Balaban J connectivity index is 1.77. The molecule has 0 radical (unpaired) electrons. The van der Waals surface area contributed by atoms with Crippen LogP contribution in [-0.2, 0) is 11.2 Å². The van der Waals surface area contributed by atoms with Crippen LogP contribution in [0.2, 0.25) is 0 Å². The first-order valence-corrected chi connectivity index (χ1v) is 6.53. The third-order valence-electron chi connectivity index (χ3n) is 2.63. The molecule has 20 heavy (non-hydrogen) atoms. The number of hydrogen-bond acceptors (Lipinski definition) is 5. The van der Waals surface area contributed by atoms with E-state index in [1.54, 1.807) is 0 Å². The van der Waals surface area contributed by atoms with Crippen molar-refractivity contribution >= 4 is 11.9 Å². The van der Waals surface area contributed by atoms with Gasteiger partial charge in [-0.3, -0.25) is 10.1 Å². The van der Waals surface area contributed by atoms with E-state index < -0.39 is 0 Å². The molecule has 0 atom stereocenters. The highest BCUT2D eigenvalue weighted by Crippen LogP contribution is 2.13. The van der Waals surface area contributed by atoms with Gasteiger partial charge < -0.3 is 4.74 Å². The molecule has 7 nitrogen and oxygen atoms in total. The van der Waals surface area contributed by atoms with Crippen LogP contribution in [0, 0.1) is 0 Å². The molecule has 1 aromatic carbocycles. The van der Waals surface area contributed by atoms with Gasteiger partial charge in [-0.2, -0.15) is 5.21 Å². The summed E-state index contributed by atoms with van der Waals surface area (Å²) in [5.74, 6) is 0.905. The van der Waals surface area contributed by atoms with Crippen LogP contribution < -0.4 is 10.1 Å². The average Bonchev–Trinajstić information content (AvgIpc) is 2.97. The molecule has 0 aliphatic heterocycles. The monoisotopic (exact) mass is 275 g/mol. The van der Waals surface area contributed by atoms with Crippen LogP contribution in [0.25, 0.3) is 0 Å². The van der Waals surface area contributed by atoms with Gasteiger partial charge in [-0.25, -0.2) is 0 Å². The first kappa shape index (κ1) is 14.0. The molecule has 1 aromatic heterocycles. The average molecular weight is 275 g/mol. The summed E-state index contributed by atoms with van der Waals surface area (Å²) in [7, 11) is 0. The number of nitrogens with zero attached hydrogens (tertiary/aromatic N) is 3. The molecule has 7 heteroatoms. The van der Waals surface area contributed by atoms with Crippen molar-refractivity contribution in [3.05, 3.63) is 29.8 Å². The quantitative estimate of drug-likeness (QED) is 0.800. The Hall–Kier alpha value is -2.44. The van der Waals surface area contributed by atoms with E-state index >= 15 is 0 Å². The third kappa shape index (κ3) is 4.34. The minimum Gasteiger partial charge on any atom is -0.494 e. The summed E-state index contributed by atoms with van der Waals surface area (Å²) in [4.78, 5) is 11.6. The SMILES string of the molecule is CCCOc1ccc(CCC(=O)Nc2nn[nH]n2)cc1. The number of aromatic nitrogens is 4. The van der Waals surface area contributed by atoms with Gasteiger partial charge in [-0.1, -0.05) is 24.2 Å². The smallest absolute Gasteiger partial charge is 0.269 e. The van der Waals surface area contributed by atoms with Crippen molar-refractivity contribution in [1.29, 1.82) is 0 Å². The number of aryl methyl sites for hydroxylation is 1. The second-order valence-corrected chi connectivity index (χ2v) is 4.28. The number of amides is 1. The molecule has 1 heterocycles. The molecule has 0 bridgehead atoms. The number of ether oxygens (including phenoxy) is 1. The van der Waals surface area contributed by atoms with E-state index in [4.69, 9.17) is 4.74 Å². The molecule has 106 valence electrons. The Labute approximate surface area is 116 Å². The van der Waals surface area contributed by atoms with E-state index in [1.165, 1.54) is 0 Å². The van der Waals surface area contributed by atoms with Crippen LogP contribution in [0.15, 0.2) is 24.3 Å². The lowest BCUT2D eigenvalue weighted by Gasteiger charge is -2.06. The minimum atomic E-state index is -0.141. The fourth-order valence-electron chi connectivity index (χ4n) is 1.63. The summed E-state index contributed by atoms with van der Waals surface area (Å²) in [5.41, 5.74) is 1.08. The van der Waals surface area contributed by atoms with Crippen LogP contribution in [0.1, 0.15) is 25.3 Å². The van der Waals surface area contributed by atoms with Crippen molar-refractivity contribution < 1.29 is 9.53 Å². The molecule has 0 spiro atoms. The van der Waals surface area contributed by atoms with E-state index in [0.29, 0.717) is 19.4 Å². The lowest BCUT2D eigenvalue weighted by molar-refractivity contribution is -0.116. The van der Waals surface area contributed by atoms with Crippen molar-refractivity contribution in [2.45, 2.75) is 26.2 Å². The van der Waals surface area contributed by atoms with Crippen LogP contribution in [0.4, 0.5) is 5.95 Å². The second kappa shape index (κ2) is 7.22. The van der Waals surface area contributed by atoms with Gasteiger partial charge in [0.15, 0.2) is 0 Å². The molecule has 0 aliphatic carbocycles. The first-order valence-electron chi connectivity index (χ1n) is 6.53. The summed E-state index contributed by atoms with van der Waals surface area (Å²) >= 11 is 0. The van der Waals surface area contributed by atoms with Gasteiger partial charge in [0.05, 0.1) is 6.61 Å². The molecular formula is C13H17N5O2. The number of anilines is 1. The van der Waals surface area contributed by atoms with Crippen molar-refractivity contribution in [1.82, 2.24) is 20.6 Å². The number of benzene rings is 1. The molecule has 0 saturated heterocycles. The fourth-order valence-corrected chi connectivity index (χ4v) is 1.63. The summed E-state index contributed by atoms with van der Waals surface area (Å²) in [5, 5.41) is 15.5. The molecule has 2 N–H and O–H groups in total. The summed E-state index contributed by atoms with van der Waals surface area (Å²) < 4.78 is 5.50. The zero-order valence-corrected chi connectivity index (χ0v) is 11.3. The highest BCUT2D eigenvalue weighted by atomic mass is 16.5. The second-order valence-electron chi connectivity index (χ2n) is 4.28. The molecule has 2 aromatic rings. The van der Waals surface area contributed by atoms with Gasteiger partial charge in [0, 0.05) is 6.42 Å². The van der Waals surface area contributed by atoms with Crippen molar-refractivity contribution in [3.63, 3.8) is 0 Å². The Kier molecular flexibility index (Phi) is 5.05. The Morgan fingerprint density at radius 2 is 2.15 bits per heavy atom. The topological polar surface area (TPSA) is 92.8 Å². The zero-order chi connectivity index (χ0) is 14.2. The zero-order valence-electron chi connectivity index (χ0n) is 11.3. The maximum absolute atomic E-state index is 11.6. The van der Waals surface area contributed by atoms with Crippen molar-refractivity contribution in [2.24, 2.45) is 0 Å². The van der Waals surface area contributed by atoms with Crippen LogP contribution >= 0.6 is 0 Å². The van der Waals surface area contributed by atoms with E-state index in [2.05, 4.69) is 32.9 Å². The lowest BCUT2D eigenvalue weighted by Crippen LogP contribution is -2.13. The van der Waals surface area contributed by atoms with Crippen LogP contribution in [0.5, 0.6) is 5.75 Å². The summed E-state index contributed by atoms with van der Waals surface area (Å²) in [6, 6.07) is 7.77. The molecule has 1 amide bonds. The van der Waals surface area contributed by atoms with Gasteiger partial charge in [0.2, 0.25) is 5.91 Å². The van der Waals surface area contributed by atoms with E-state index in [0.717, 1.165) is 17.7 Å². The van der Waals surface area contributed by atoms with E-state index in [9.17, 15) is 4.79 Å². The first-order chi connectivity index (χ1) is 9.78. The highest BCUT2D eigenvalue weighted by Gasteiger charge is 2.06. The summed E-state index contributed by atoms with van der Waals surface area (Å²) in [6.45, 7) is 2.78. The van der Waals surface area contributed by atoms with Gasteiger partial charge in [0.25, 0.3) is 5.95 Å². The Bertz CT molecular complexity index is 524. The van der Waals surface area contributed by atoms with Gasteiger partial charge in [0.1, 0.15) is 5.75 Å². The molecule has 0 saturated carbocycles. The van der Waals surface area contributed by atoms with E-state index in [1.807, 2.05) is 24.3 Å². The van der Waals surface area contributed by atoms with Gasteiger partial charge in [-0.15, -0.1) is 5.10 Å². The van der Waals surface area contributed by atoms with Crippen LogP contribution in [-0.4, -0.2) is 33.1 Å². The molecule has 0 fully saturated rings. The maximum atomic E-state index is 11.6. The molecule has 0 unspecified atom stereocenters. The largest absolute Gasteiger partial charge is 0.494 e. The standard InChI is InChI=1S/C13H17N5O2/c1-2-9-20-11-6-3-10(4-7-11)5-8-12(19)14-13-15-17-18-16-13/h3-4,6-7H,2,5,8-9H2,1H3,(H2,14,15,16,17,18,19). The Morgan fingerprint density at radius 3 is 2.80 bits per heavy atom. The fraction of sp³-hybridized carbons (Fsp3) is 0.385. The predicted octanol–water partition coefficient (Wildman–Crippen LogP) is 1.56. The lowest BCUT2D eigenvalue weighted by atomic mass is 10.1.